The Morgan fingerprint density at radius 2 is 1.89 bits per heavy atom. The molecule has 0 radical (unpaired) electrons. The average molecular weight is 418 g/mol. The Hall–Kier alpha value is -1.70. The summed E-state index contributed by atoms with van der Waals surface area (Å²) in [5.41, 5.74) is 0.307. The second-order valence-electron chi connectivity index (χ2n) is 5.09. The number of ether oxygens (including phenoxy) is 3. The van der Waals surface area contributed by atoms with E-state index in [1.54, 1.807) is 19.1 Å². The van der Waals surface area contributed by atoms with Gasteiger partial charge in [-0.2, -0.15) is 0 Å². The van der Waals surface area contributed by atoms with Crippen molar-refractivity contribution in [2.75, 3.05) is 32.6 Å². The molecule has 0 aliphatic rings. The Balaban J connectivity index is 0.00000326. The number of halogens is 1. The number of rotatable bonds is 10. The highest BCUT2D eigenvalue weighted by Crippen LogP contribution is 2.21. The average Bonchev–Trinajstić information content (AvgIpc) is 2.66. The Kier molecular flexibility index (Phi) is 14.4. The quantitative estimate of drug-likeness (QED) is 0.264. The third kappa shape index (κ3) is 12.3. The number of hydrogen-bond donors (Lipinski definition) is 1. The van der Waals surface area contributed by atoms with Crippen LogP contribution < -0.4 is 5.32 Å². The number of hydrogen-bond acceptors (Lipinski definition) is 6. The Labute approximate surface area is 170 Å². The van der Waals surface area contributed by atoms with Gasteiger partial charge in [-0.3, -0.25) is 0 Å². The summed E-state index contributed by atoms with van der Waals surface area (Å²) in [5, 5.41) is 3.19. The Bertz CT molecular complexity index is 580. The molecule has 1 N–H and O–H groups in total. The zero-order valence-electron chi connectivity index (χ0n) is 16.2. The molecular weight excluding hydrogens is 390 g/mol. The van der Waals surface area contributed by atoms with Crippen LogP contribution in [0.5, 0.6) is 0 Å². The van der Waals surface area contributed by atoms with Crippen molar-refractivity contribution in [2.24, 2.45) is 0 Å². The molecule has 0 aromatic heterocycles. The van der Waals surface area contributed by atoms with E-state index < -0.39 is 18.2 Å². The second-order valence-corrected chi connectivity index (χ2v) is 6.62. The van der Waals surface area contributed by atoms with E-state index >= 15 is 0 Å². The van der Waals surface area contributed by atoms with Crippen LogP contribution in [0.2, 0.25) is 5.02 Å². The van der Waals surface area contributed by atoms with E-state index in [0.717, 1.165) is 4.90 Å². The van der Waals surface area contributed by atoms with Gasteiger partial charge in [-0.1, -0.05) is 32.0 Å². The number of amides is 1. The third-order valence-electron chi connectivity index (χ3n) is 2.83. The van der Waals surface area contributed by atoms with Crippen molar-refractivity contribution in [2.45, 2.75) is 31.8 Å². The zero-order valence-corrected chi connectivity index (χ0v) is 17.8. The molecule has 1 aromatic rings. The van der Waals surface area contributed by atoms with Crippen molar-refractivity contribution >= 4 is 35.4 Å². The van der Waals surface area contributed by atoms with Crippen LogP contribution in [0.1, 0.15) is 20.8 Å². The number of esters is 1. The summed E-state index contributed by atoms with van der Waals surface area (Å²) in [6, 6.07) is 7.39. The Morgan fingerprint density at radius 3 is 2.44 bits per heavy atom. The fourth-order valence-electron chi connectivity index (χ4n) is 1.64. The number of methoxy groups -OCH3 is 1. The van der Waals surface area contributed by atoms with Gasteiger partial charge < -0.3 is 19.5 Å². The smallest absolute Gasteiger partial charge is 0.407 e. The van der Waals surface area contributed by atoms with Gasteiger partial charge in [0.25, 0.3) is 0 Å². The van der Waals surface area contributed by atoms with Crippen molar-refractivity contribution in [1.82, 2.24) is 5.32 Å². The fraction of sp³-hybridized carbons (Fsp3) is 0.474. The molecule has 1 unspecified atom stereocenters. The molecule has 0 bridgehead atoms. The third-order valence-corrected chi connectivity index (χ3v) is 4.22. The van der Waals surface area contributed by atoms with Gasteiger partial charge in [0.15, 0.2) is 0 Å². The minimum atomic E-state index is -0.592. The number of benzene rings is 1. The van der Waals surface area contributed by atoms with E-state index in [2.05, 4.69) is 11.9 Å². The molecule has 0 aliphatic heterocycles. The fourth-order valence-corrected chi connectivity index (χ4v) is 2.63. The van der Waals surface area contributed by atoms with Gasteiger partial charge in [-0.05, 0) is 31.2 Å². The van der Waals surface area contributed by atoms with Crippen LogP contribution in [-0.4, -0.2) is 50.8 Å². The minimum absolute atomic E-state index is 0.0509. The van der Waals surface area contributed by atoms with E-state index in [1.165, 1.54) is 18.9 Å². The summed E-state index contributed by atoms with van der Waals surface area (Å²) < 4.78 is 15.3. The van der Waals surface area contributed by atoms with Crippen LogP contribution in [0.3, 0.4) is 0 Å². The number of carbonyl (C=O) groups is 2. The second kappa shape index (κ2) is 15.4. The molecule has 8 heteroatoms. The lowest BCUT2D eigenvalue weighted by Gasteiger charge is -2.17. The van der Waals surface area contributed by atoms with E-state index in [1.807, 2.05) is 26.0 Å². The maximum Gasteiger partial charge on any atom is 0.407 e. The first kappa shape index (κ1) is 25.3. The topological polar surface area (TPSA) is 73.9 Å². The van der Waals surface area contributed by atoms with Crippen molar-refractivity contribution in [3.8, 4) is 0 Å². The summed E-state index contributed by atoms with van der Waals surface area (Å²) >= 11 is 7.38. The number of alkyl carbamates (subject to hydrolysis) is 1. The molecule has 0 fully saturated rings. The van der Waals surface area contributed by atoms with Gasteiger partial charge in [0.1, 0.15) is 12.7 Å². The van der Waals surface area contributed by atoms with Gasteiger partial charge in [0, 0.05) is 28.4 Å². The lowest BCUT2D eigenvalue weighted by atomic mass is 10.4. The monoisotopic (exact) mass is 417 g/mol. The standard InChI is InChI=1S/C17H22ClNO5S.C2H6/c1-12(2)16(20)23-9-8-19-17(21)24-14(10-22-3)11-25-15-6-4-13(18)5-7-15;1-2/h4-7,14H,1,8-11H2,2-3H3,(H,19,21);1-2H3. The highest BCUT2D eigenvalue weighted by atomic mass is 35.5. The van der Waals surface area contributed by atoms with Crippen molar-refractivity contribution in [1.29, 1.82) is 0 Å². The Morgan fingerprint density at radius 1 is 1.26 bits per heavy atom. The van der Waals surface area contributed by atoms with Crippen molar-refractivity contribution in [3.63, 3.8) is 0 Å². The molecule has 0 saturated carbocycles. The van der Waals surface area contributed by atoms with Crippen LogP contribution in [0.25, 0.3) is 0 Å². The molecule has 0 aliphatic carbocycles. The van der Waals surface area contributed by atoms with Crippen LogP contribution in [0.4, 0.5) is 4.79 Å². The predicted molar refractivity (Wildman–Crippen MR) is 109 cm³/mol. The largest absolute Gasteiger partial charge is 0.460 e. The number of nitrogens with one attached hydrogen (secondary N) is 1. The molecule has 1 atom stereocenters. The lowest BCUT2D eigenvalue weighted by Crippen LogP contribution is -2.34. The molecule has 0 heterocycles. The van der Waals surface area contributed by atoms with Crippen LogP contribution >= 0.6 is 23.4 Å². The molecule has 1 aromatic carbocycles. The van der Waals surface area contributed by atoms with Gasteiger partial charge in [-0.15, -0.1) is 11.8 Å². The van der Waals surface area contributed by atoms with E-state index in [-0.39, 0.29) is 19.8 Å². The van der Waals surface area contributed by atoms with Crippen molar-refractivity contribution < 1.29 is 23.8 Å². The SMILES string of the molecule is C=C(C)C(=O)OCCNC(=O)OC(COC)CSc1ccc(Cl)cc1.CC. The van der Waals surface area contributed by atoms with Gasteiger partial charge in [0.2, 0.25) is 0 Å². The first-order chi connectivity index (χ1) is 12.9. The van der Waals surface area contributed by atoms with Gasteiger partial charge in [0.05, 0.1) is 13.2 Å². The maximum atomic E-state index is 11.8. The summed E-state index contributed by atoms with van der Waals surface area (Å²) in [6.45, 7) is 9.50. The predicted octanol–water partition coefficient (Wildman–Crippen LogP) is 4.32. The normalized spacial score (nSPS) is 10.9. The lowest BCUT2D eigenvalue weighted by molar-refractivity contribution is -0.138. The van der Waals surface area contributed by atoms with Crippen molar-refractivity contribution in [3.05, 3.63) is 41.4 Å². The molecule has 6 nitrogen and oxygen atoms in total. The summed E-state index contributed by atoms with van der Waals surface area (Å²) in [5.74, 6) is 0.0415. The molecule has 152 valence electrons. The summed E-state index contributed by atoms with van der Waals surface area (Å²) in [4.78, 5) is 24.0. The molecule has 0 spiro atoms. The van der Waals surface area contributed by atoms with Crippen LogP contribution in [0, 0.1) is 0 Å². The molecule has 27 heavy (non-hydrogen) atoms. The maximum absolute atomic E-state index is 11.8. The molecular formula is C19H28ClNO5S. The number of carbonyl (C=O) groups excluding carboxylic acids is 2. The summed E-state index contributed by atoms with van der Waals surface area (Å²) in [7, 11) is 1.54. The summed E-state index contributed by atoms with van der Waals surface area (Å²) in [6.07, 6.45) is -1.01. The zero-order chi connectivity index (χ0) is 20.7. The van der Waals surface area contributed by atoms with E-state index in [4.69, 9.17) is 25.8 Å². The van der Waals surface area contributed by atoms with Crippen LogP contribution in [0.15, 0.2) is 41.3 Å². The molecule has 1 rings (SSSR count). The first-order valence-corrected chi connectivity index (χ1v) is 9.93. The van der Waals surface area contributed by atoms with E-state index in [0.29, 0.717) is 16.3 Å². The van der Waals surface area contributed by atoms with Crippen LogP contribution in [-0.2, 0) is 19.0 Å². The minimum Gasteiger partial charge on any atom is -0.460 e. The van der Waals surface area contributed by atoms with Gasteiger partial charge >= 0.3 is 12.1 Å². The highest BCUT2D eigenvalue weighted by Gasteiger charge is 2.15. The molecule has 1 amide bonds. The highest BCUT2D eigenvalue weighted by molar-refractivity contribution is 7.99. The number of thioether (sulfide) groups is 1. The molecule has 0 saturated heterocycles. The first-order valence-electron chi connectivity index (χ1n) is 8.56. The van der Waals surface area contributed by atoms with Gasteiger partial charge in [-0.25, -0.2) is 9.59 Å². The van der Waals surface area contributed by atoms with E-state index in [9.17, 15) is 9.59 Å².